The van der Waals surface area contributed by atoms with E-state index in [4.69, 9.17) is 4.98 Å². The smallest absolute Gasteiger partial charge is 0.0949 e. The molecule has 1 aromatic heterocycles. The summed E-state index contributed by atoms with van der Waals surface area (Å²) in [6, 6.07) is 0.542. The zero-order chi connectivity index (χ0) is 13.3. The second-order valence-corrected chi connectivity index (χ2v) is 8.10. The summed E-state index contributed by atoms with van der Waals surface area (Å²) in [4.78, 5) is 4.80. The summed E-state index contributed by atoms with van der Waals surface area (Å²) in [6.07, 6.45) is 12.2. The van der Waals surface area contributed by atoms with Crippen LogP contribution in [0.2, 0.25) is 0 Å². The molecule has 0 spiro atoms. The summed E-state index contributed by atoms with van der Waals surface area (Å²) in [7, 11) is 2.16. The van der Waals surface area contributed by atoms with E-state index in [9.17, 15) is 0 Å². The van der Waals surface area contributed by atoms with Crippen molar-refractivity contribution in [2.45, 2.75) is 51.0 Å². The Bertz CT molecular complexity index is 509. The first-order valence-electron chi connectivity index (χ1n) is 8.47. The molecule has 6 rings (SSSR count). The van der Waals surface area contributed by atoms with Crippen LogP contribution in [0.3, 0.4) is 0 Å². The second kappa shape index (κ2) is 3.88. The molecule has 4 fully saturated rings. The molecule has 20 heavy (non-hydrogen) atoms. The molecule has 0 radical (unpaired) electrons. The average Bonchev–Trinajstić information content (AvgIpc) is 2.79. The van der Waals surface area contributed by atoms with Crippen molar-refractivity contribution in [3.8, 4) is 0 Å². The van der Waals surface area contributed by atoms with Gasteiger partial charge in [-0.1, -0.05) is 0 Å². The topological polar surface area (TPSA) is 29.9 Å². The number of rotatable bonds is 1. The van der Waals surface area contributed by atoms with Gasteiger partial charge in [0.2, 0.25) is 0 Å². The number of aromatic nitrogens is 2. The van der Waals surface area contributed by atoms with E-state index in [1.54, 1.807) is 0 Å². The molecule has 3 heteroatoms. The lowest BCUT2D eigenvalue weighted by atomic mass is 9.47. The lowest BCUT2D eigenvalue weighted by Crippen LogP contribution is -2.53. The van der Waals surface area contributed by atoms with Crippen LogP contribution in [0.25, 0.3) is 0 Å². The summed E-state index contributed by atoms with van der Waals surface area (Å²) in [6.45, 7) is 1.14. The number of nitrogens with zero attached hydrogens (tertiary/aromatic N) is 2. The van der Waals surface area contributed by atoms with Crippen LogP contribution in [-0.4, -0.2) is 16.1 Å². The van der Waals surface area contributed by atoms with Crippen molar-refractivity contribution in [2.75, 3.05) is 6.54 Å². The highest BCUT2D eigenvalue weighted by Crippen LogP contribution is 2.64. The second-order valence-electron chi connectivity index (χ2n) is 8.10. The Hall–Kier alpha value is -0.830. The molecule has 0 saturated heterocycles. The predicted molar refractivity (Wildman–Crippen MR) is 78.3 cm³/mol. The molecular formula is C17H25N3. The monoisotopic (exact) mass is 271 g/mol. The molecule has 5 aliphatic rings. The van der Waals surface area contributed by atoms with Gasteiger partial charge in [-0.3, -0.25) is 0 Å². The van der Waals surface area contributed by atoms with E-state index in [0.29, 0.717) is 11.5 Å². The van der Waals surface area contributed by atoms with Gasteiger partial charge in [-0.05, 0) is 61.7 Å². The molecule has 1 atom stereocenters. The Morgan fingerprint density at radius 1 is 1.15 bits per heavy atom. The highest BCUT2D eigenvalue weighted by Gasteiger charge is 2.55. The fourth-order valence-electron chi connectivity index (χ4n) is 6.49. The standard InChI is InChI=1S/C17H25N3/c1-20-10-19-15-14(20)2-3-18-16(15)17-7-11-4-12(8-17)6-13(5-11)9-17/h10-13,16,18H,2-9H2,1H3. The number of nitrogens with one attached hydrogen (secondary N) is 1. The quantitative estimate of drug-likeness (QED) is 0.851. The van der Waals surface area contributed by atoms with Crippen LogP contribution in [0.5, 0.6) is 0 Å². The van der Waals surface area contributed by atoms with E-state index in [2.05, 4.69) is 16.9 Å². The SMILES string of the molecule is Cn1cnc2c1CCNC2C12CC3CC(CC(C3)C1)C2. The maximum Gasteiger partial charge on any atom is 0.0949 e. The molecule has 4 bridgehead atoms. The molecule has 2 heterocycles. The van der Waals surface area contributed by atoms with Crippen LogP contribution in [0.1, 0.15) is 56.0 Å². The Balaban J connectivity index is 1.57. The summed E-state index contributed by atoms with van der Waals surface area (Å²) < 4.78 is 2.25. The minimum atomic E-state index is 0.540. The lowest BCUT2D eigenvalue weighted by molar-refractivity contribution is -0.0767. The van der Waals surface area contributed by atoms with E-state index in [0.717, 1.165) is 30.7 Å². The van der Waals surface area contributed by atoms with Crippen molar-refractivity contribution in [1.29, 1.82) is 0 Å². The summed E-state index contributed by atoms with van der Waals surface area (Å²) in [5.41, 5.74) is 3.42. The third kappa shape index (κ3) is 1.47. The zero-order valence-corrected chi connectivity index (χ0v) is 12.4. The Morgan fingerprint density at radius 2 is 1.80 bits per heavy atom. The van der Waals surface area contributed by atoms with Gasteiger partial charge in [-0.25, -0.2) is 4.98 Å². The molecule has 0 aromatic carbocycles. The van der Waals surface area contributed by atoms with E-state index in [-0.39, 0.29) is 0 Å². The molecule has 1 aromatic rings. The highest BCUT2D eigenvalue weighted by atomic mass is 15.1. The van der Waals surface area contributed by atoms with Crippen LogP contribution in [0.15, 0.2) is 6.33 Å². The molecule has 4 aliphatic carbocycles. The van der Waals surface area contributed by atoms with Crippen LogP contribution in [0, 0.1) is 23.2 Å². The van der Waals surface area contributed by atoms with Crippen LogP contribution < -0.4 is 5.32 Å². The maximum absolute atomic E-state index is 4.80. The first kappa shape index (κ1) is 11.8. The maximum atomic E-state index is 4.80. The highest BCUT2D eigenvalue weighted by molar-refractivity contribution is 5.25. The van der Waals surface area contributed by atoms with Gasteiger partial charge in [0.25, 0.3) is 0 Å². The van der Waals surface area contributed by atoms with Gasteiger partial charge in [0.05, 0.1) is 18.1 Å². The molecule has 4 saturated carbocycles. The normalized spacial score (nSPS) is 45.6. The van der Waals surface area contributed by atoms with Crippen LogP contribution in [0.4, 0.5) is 0 Å². The first-order valence-corrected chi connectivity index (χ1v) is 8.47. The minimum Gasteiger partial charge on any atom is -0.337 e. The summed E-state index contributed by atoms with van der Waals surface area (Å²) in [5.74, 6) is 3.08. The van der Waals surface area contributed by atoms with Gasteiger partial charge in [0.1, 0.15) is 0 Å². The molecule has 108 valence electrons. The third-order valence-corrected chi connectivity index (χ3v) is 6.77. The Morgan fingerprint density at radius 3 is 2.45 bits per heavy atom. The molecule has 3 nitrogen and oxygen atoms in total. The Kier molecular flexibility index (Phi) is 2.29. The van der Waals surface area contributed by atoms with E-state index in [1.165, 1.54) is 49.9 Å². The van der Waals surface area contributed by atoms with Gasteiger partial charge in [0, 0.05) is 25.7 Å². The van der Waals surface area contributed by atoms with Crippen molar-refractivity contribution in [1.82, 2.24) is 14.9 Å². The van der Waals surface area contributed by atoms with Crippen molar-refractivity contribution in [3.05, 3.63) is 17.7 Å². The van der Waals surface area contributed by atoms with Gasteiger partial charge < -0.3 is 9.88 Å². The summed E-state index contributed by atoms with van der Waals surface area (Å²) in [5, 5.41) is 3.87. The van der Waals surface area contributed by atoms with Crippen LogP contribution in [-0.2, 0) is 13.5 Å². The van der Waals surface area contributed by atoms with Crippen LogP contribution >= 0.6 is 0 Å². The molecule has 1 N–H and O–H groups in total. The lowest BCUT2D eigenvalue weighted by Gasteiger charge is -2.59. The van der Waals surface area contributed by atoms with E-state index < -0.39 is 0 Å². The summed E-state index contributed by atoms with van der Waals surface area (Å²) >= 11 is 0. The predicted octanol–water partition coefficient (Wildman–Crippen LogP) is 2.82. The van der Waals surface area contributed by atoms with E-state index in [1.807, 2.05) is 6.33 Å². The third-order valence-electron chi connectivity index (χ3n) is 6.77. The van der Waals surface area contributed by atoms with Crippen molar-refractivity contribution >= 4 is 0 Å². The number of imidazole rings is 1. The van der Waals surface area contributed by atoms with Crippen molar-refractivity contribution < 1.29 is 0 Å². The largest absolute Gasteiger partial charge is 0.337 e. The van der Waals surface area contributed by atoms with Gasteiger partial charge in [-0.2, -0.15) is 0 Å². The van der Waals surface area contributed by atoms with Gasteiger partial charge in [-0.15, -0.1) is 0 Å². The number of fused-ring (bicyclic) bond motifs is 1. The Labute approximate surface area is 121 Å². The fourth-order valence-corrected chi connectivity index (χ4v) is 6.49. The number of aryl methyl sites for hydroxylation is 1. The molecule has 1 aliphatic heterocycles. The molecule has 1 unspecified atom stereocenters. The average molecular weight is 271 g/mol. The molecular weight excluding hydrogens is 246 g/mol. The van der Waals surface area contributed by atoms with Gasteiger partial charge in [0.15, 0.2) is 0 Å². The van der Waals surface area contributed by atoms with Crippen molar-refractivity contribution in [2.24, 2.45) is 30.2 Å². The fraction of sp³-hybridized carbons (Fsp3) is 0.824. The molecule has 0 amide bonds. The number of hydrogen-bond acceptors (Lipinski definition) is 2. The van der Waals surface area contributed by atoms with E-state index >= 15 is 0 Å². The number of hydrogen-bond donors (Lipinski definition) is 1. The first-order chi connectivity index (χ1) is 9.73. The van der Waals surface area contributed by atoms with Crippen molar-refractivity contribution in [3.63, 3.8) is 0 Å². The minimum absolute atomic E-state index is 0.540. The van der Waals surface area contributed by atoms with Gasteiger partial charge >= 0.3 is 0 Å². The zero-order valence-electron chi connectivity index (χ0n) is 12.4.